The molecule has 2 aromatic rings. The molecule has 0 aromatic heterocycles. The van der Waals surface area contributed by atoms with E-state index in [2.05, 4.69) is 5.10 Å². The van der Waals surface area contributed by atoms with Crippen LogP contribution in [0.4, 0.5) is 0 Å². The van der Waals surface area contributed by atoms with E-state index in [9.17, 15) is 9.59 Å². The minimum absolute atomic E-state index is 0.132. The van der Waals surface area contributed by atoms with Gasteiger partial charge in [-0.2, -0.15) is 5.10 Å². The van der Waals surface area contributed by atoms with Crippen molar-refractivity contribution in [2.75, 3.05) is 20.2 Å². The summed E-state index contributed by atoms with van der Waals surface area (Å²) in [5, 5.41) is 23.5. The van der Waals surface area contributed by atoms with Gasteiger partial charge in [0, 0.05) is 15.6 Å². The Labute approximate surface area is 176 Å². The summed E-state index contributed by atoms with van der Waals surface area (Å²) >= 11 is 12.3. The van der Waals surface area contributed by atoms with Gasteiger partial charge < -0.3 is 19.7 Å². The predicted octanol–water partition coefficient (Wildman–Crippen LogP) is 3.39. The zero-order valence-corrected chi connectivity index (χ0v) is 16.9. The van der Waals surface area contributed by atoms with E-state index < -0.39 is 25.0 Å². The fraction of sp³-hybridized carbons (Fsp3) is 0.211. The Balaban J connectivity index is 2.14. The summed E-state index contributed by atoms with van der Waals surface area (Å²) in [6.07, 6.45) is 1.34. The smallest absolute Gasteiger partial charge is 0.324 e. The number of halogens is 2. The summed E-state index contributed by atoms with van der Waals surface area (Å²) < 4.78 is 11.1. The summed E-state index contributed by atoms with van der Waals surface area (Å²) in [5.41, 5.74) is 1.20. The number of rotatable bonds is 10. The molecule has 0 aliphatic carbocycles. The fourth-order valence-corrected chi connectivity index (χ4v) is 2.81. The van der Waals surface area contributed by atoms with Crippen LogP contribution in [0.1, 0.15) is 11.1 Å². The number of carbonyl (C=O) groups is 2. The van der Waals surface area contributed by atoms with Gasteiger partial charge in [-0.3, -0.25) is 14.6 Å². The minimum Gasteiger partial charge on any atom is -0.493 e. The number of ether oxygens (including phenoxy) is 2. The van der Waals surface area contributed by atoms with Crippen molar-refractivity contribution in [3.63, 3.8) is 0 Å². The molecule has 0 radical (unpaired) electrons. The third-order valence-electron chi connectivity index (χ3n) is 3.63. The lowest BCUT2D eigenvalue weighted by Crippen LogP contribution is -2.30. The second-order valence-corrected chi connectivity index (χ2v) is 6.57. The average Bonchev–Trinajstić information content (AvgIpc) is 2.65. The molecule has 0 spiro atoms. The fourth-order valence-electron chi connectivity index (χ4n) is 2.30. The summed E-state index contributed by atoms with van der Waals surface area (Å²) in [6, 6.07) is 10.1. The summed E-state index contributed by atoms with van der Waals surface area (Å²) in [5.74, 6) is -1.54. The van der Waals surface area contributed by atoms with Gasteiger partial charge in [-0.1, -0.05) is 29.3 Å². The average molecular weight is 441 g/mol. The third-order valence-corrected chi connectivity index (χ3v) is 4.34. The molecule has 0 amide bonds. The van der Waals surface area contributed by atoms with Crippen molar-refractivity contribution in [2.45, 2.75) is 6.61 Å². The van der Waals surface area contributed by atoms with Crippen LogP contribution < -0.4 is 9.47 Å². The van der Waals surface area contributed by atoms with E-state index in [1.165, 1.54) is 13.3 Å². The first-order valence-corrected chi connectivity index (χ1v) is 9.02. The Morgan fingerprint density at radius 1 is 1.07 bits per heavy atom. The molecule has 0 aliphatic heterocycles. The van der Waals surface area contributed by atoms with Gasteiger partial charge in [0.25, 0.3) is 0 Å². The van der Waals surface area contributed by atoms with Gasteiger partial charge >= 0.3 is 11.9 Å². The predicted molar refractivity (Wildman–Crippen MR) is 108 cm³/mol. The van der Waals surface area contributed by atoms with Crippen molar-refractivity contribution in [1.82, 2.24) is 5.01 Å². The number of hydrazone groups is 1. The van der Waals surface area contributed by atoms with Gasteiger partial charge in [0.2, 0.25) is 0 Å². The van der Waals surface area contributed by atoms with Gasteiger partial charge in [-0.05, 0) is 35.9 Å². The first-order chi connectivity index (χ1) is 13.8. The molecule has 0 saturated heterocycles. The molecule has 29 heavy (non-hydrogen) atoms. The van der Waals surface area contributed by atoms with E-state index in [0.717, 1.165) is 5.01 Å². The quantitative estimate of drug-likeness (QED) is 0.430. The first-order valence-electron chi connectivity index (χ1n) is 8.26. The standard InChI is InChI=1S/C19H18Cl2N2O6/c1-28-17-7-12(8-22-23(9-18(24)25)10-19(26)27)5-6-16(17)29-11-13-14(20)3-2-4-15(13)21/h2-8H,9-11H2,1H3,(H,24,25)(H,26,27)/b22-8-. The van der Waals surface area contributed by atoms with Crippen LogP contribution in [0.5, 0.6) is 11.5 Å². The number of methoxy groups -OCH3 is 1. The lowest BCUT2D eigenvalue weighted by Gasteiger charge is -2.14. The van der Waals surface area contributed by atoms with Crippen molar-refractivity contribution >= 4 is 41.4 Å². The molecule has 154 valence electrons. The molecule has 2 rings (SSSR count). The molecular weight excluding hydrogens is 423 g/mol. The zero-order valence-electron chi connectivity index (χ0n) is 15.3. The molecule has 0 aliphatic rings. The molecule has 10 heteroatoms. The molecule has 0 unspecified atom stereocenters. The van der Waals surface area contributed by atoms with Crippen LogP contribution in [0.2, 0.25) is 10.0 Å². The highest BCUT2D eigenvalue weighted by molar-refractivity contribution is 6.35. The maximum absolute atomic E-state index is 10.8. The van der Waals surface area contributed by atoms with Crippen LogP contribution in [0.15, 0.2) is 41.5 Å². The number of aliphatic carboxylic acids is 2. The monoisotopic (exact) mass is 440 g/mol. The van der Waals surface area contributed by atoms with E-state index in [1.54, 1.807) is 36.4 Å². The maximum Gasteiger partial charge on any atom is 0.324 e. The van der Waals surface area contributed by atoms with Crippen molar-refractivity contribution in [3.8, 4) is 11.5 Å². The molecule has 8 nitrogen and oxygen atoms in total. The molecule has 0 heterocycles. The molecule has 2 aromatic carbocycles. The van der Waals surface area contributed by atoms with E-state index >= 15 is 0 Å². The summed E-state index contributed by atoms with van der Waals surface area (Å²) in [7, 11) is 1.47. The van der Waals surface area contributed by atoms with E-state index in [4.69, 9.17) is 42.9 Å². The first kappa shape index (κ1) is 22.3. The maximum atomic E-state index is 10.8. The molecule has 0 bridgehead atoms. The lowest BCUT2D eigenvalue weighted by molar-refractivity contribution is -0.141. The van der Waals surface area contributed by atoms with Crippen LogP contribution >= 0.6 is 23.2 Å². The highest BCUT2D eigenvalue weighted by Crippen LogP contribution is 2.31. The van der Waals surface area contributed by atoms with Gasteiger partial charge in [0.1, 0.15) is 19.7 Å². The number of carboxylic acid groups (broad SMARTS) is 2. The number of carboxylic acids is 2. The Bertz CT molecular complexity index is 883. The normalized spacial score (nSPS) is 10.7. The van der Waals surface area contributed by atoms with E-state index in [0.29, 0.717) is 32.7 Å². The van der Waals surface area contributed by atoms with Crippen molar-refractivity contribution < 1.29 is 29.3 Å². The Kier molecular flexibility index (Phi) is 8.11. The van der Waals surface area contributed by atoms with E-state index in [1.807, 2.05) is 0 Å². The number of benzene rings is 2. The Morgan fingerprint density at radius 3 is 2.24 bits per heavy atom. The van der Waals surface area contributed by atoms with Gasteiger partial charge in [-0.15, -0.1) is 0 Å². The van der Waals surface area contributed by atoms with Crippen LogP contribution in [0.3, 0.4) is 0 Å². The van der Waals surface area contributed by atoms with Crippen molar-refractivity contribution in [1.29, 1.82) is 0 Å². The number of hydrogen-bond donors (Lipinski definition) is 2. The van der Waals surface area contributed by atoms with Crippen LogP contribution in [0, 0.1) is 0 Å². The van der Waals surface area contributed by atoms with Crippen LogP contribution in [-0.4, -0.2) is 53.6 Å². The largest absolute Gasteiger partial charge is 0.493 e. The SMILES string of the molecule is COc1cc(/C=N\N(CC(=O)O)CC(=O)O)ccc1OCc1c(Cl)cccc1Cl. The number of nitrogens with zero attached hydrogens (tertiary/aromatic N) is 2. The zero-order chi connectivity index (χ0) is 21.4. The molecule has 0 atom stereocenters. The molecule has 0 saturated carbocycles. The van der Waals surface area contributed by atoms with E-state index in [-0.39, 0.29) is 6.61 Å². The Morgan fingerprint density at radius 2 is 1.69 bits per heavy atom. The van der Waals surface area contributed by atoms with Gasteiger partial charge in [0.15, 0.2) is 11.5 Å². The second-order valence-electron chi connectivity index (χ2n) is 5.75. The molecule has 0 fully saturated rings. The highest BCUT2D eigenvalue weighted by atomic mass is 35.5. The van der Waals surface area contributed by atoms with Crippen molar-refractivity contribution in [2.24, 2.45) is 5.10 Å². The second kappa shape index (κ2) is 10.5. The summed E-state index contributed by atoms with van der Waals surface area (Å²) in [6.45, 7) is -0.952. The lowest BCUT2D eigenvalue weighted by atomic mass is 10.2. The molecule has 2 N–H and O–H groups in total. The molecular formula is C19H18Cl2N2O6. The van der Waals surface area contributed by atoms with Crippen LogP contribution in [-0.2, 0) is 16.2 Å². The number of hydrogen-bond acceptors (Lipinski definition) is 6. The Hall–Kier alpha value is -2.97. The topological polar surface area (TPSA) is 109 Å². The highest BCUT2D eigenvalue weighted by Gasteiger charge is 2.12. The summed E-state index contributed by atoms with van der Waals surface area (Å²) in [4.78, 5) is 21.6. The third kappa shape index (κ3) is 6.85. The van der Waals surface area contributed by atoms with Crippen molar-refractivity contribution in [3.05, 3.63) is 57.6 Å². The minimum atomic E-state index is -1.19. The van der Waals surface area contributed by atoms with Gasteiger partial charge in [-0.25, -0.2) is 0 Å². The van der Waals surface area contributed by atoms with Gasteiger partial charge in [0.05, 0.1) is 13.3 Å². The van der Waals surface area contributed by atoms with Crippen LogP contribution in [0.25, 0.3) is 0 Å².